The average molecular weight is 267 g/mol. The van der Waals surface area contributed by atoms with Gasteiger partial charge in [0.1, 0.15) is 4.91 Å². The number of carbonyl (C=O) groups excluding carboxylic acids is 1. The highest BCUT2D eigenvalue weighted by Gasteiger charge is 2.37. The molecule has 96 valence electrons. The monoisotopic (exact) mass is 267 g/mol. The molecule has 0 atom stereocenters. The van der Waals surface area contributed by atoms with Crippen molar-refractivity contribution in [3.05, 3.63) is 42.0 Å². The molecule has 1 aliphatic rings. The summed E-state index contributed by atoms with van der Waals surface area (Å²) in [6.45, 7) is 0.214. The summed E-state index contributed by atoms with van der Waals surface area (Å²) in [6, 6.07) is 8.57. The average Bonchev–Trinajstić information content (AvgIpc) is 2.59. The molecular weight excluding hydrogens is 254 g/mol. The van der Waals surface area contributed by atoms with Crippen molar-refractivity contribution >= 4 is 20.8 Å². The van der Waals surface area contributed by atoms with Crippen LogP contribution in [-0.4, -0.2) is 38.9 Å². The molecule has 0 bridgehead atoms. The van der Waals surface area contributed by atoms with Crippen LogP contribution in [0.4, 0.5) is 0 Å². The van der Waals surface area contributed by atoms with Gasteiger partial charge in [-0.2, -0.15) is 0 Å². The van der Waals surface area contributed by atoms with Gasteiger partial charge < -0.3 is 4.74 Å². The van der Waals surface area contributed by atoms with E-state index in [1.54, 1.807) is 30.3 Å². The van der Waals surface area contributed by atoms with E-state index >= 15 is 0 Å². The lowest BCUT2D eigenvalue weighted by Gasteiger charge is -2.15. The maximum Gasteiger partial charge on any atom is 0.267 e. The van der Waals surface area contributed by atoms with E-state index < -0.39 is 15.9 Å². The third-order valence-electron chi connectivity index (χ3n) is 2.63. The molecule has 0 radical (unpaired) electrons. The Balaban J connectivity index is 2.35. The van der Waals surface area contributed by atoms with Gasteiger partial charge in [0.05, 0.1) is 13.2 Å². The molecule has 0 fully saturated rings. The van der Waals surface area contributed by atoms with Crippen LogP contribution >= 0.6 is 0 Å². The third kappa shape index (κ3) is 2.16. The van der Waals surface area contributed by atoms with Crippen LogP contribution in [0.1, 0.15) is 5.56 Å². The molecule has 0 saturated heterocycles. The van der Waals surface area contributed by atoms with Crippen molar-refractivity contribution in [2.45, 2.75) is 0 Å². The molecule has 0 saturated carbocycles. The molecule has 1 amide bonds. The number of ether oxygens (including phenoxy) is 1. The number of sulfonamides is 1. The van der Waals surface area contributed by atoms with Crippen LogP contribution in [0.2, 0.25) is 0 Å². The van der Waals surface area contributed by atoms with Crippen LogP contribution in [0.15, 0.2) is 36.4 Å². The molecule has 18 heavy (non-hydrogen) atoms. The van der Waals surface area contributed by atoms with E-state index in [0.29, 0.717) is 5.56 Å². The Morgan fingerprint density at radius 1 is 1.22 bits per heavy atom. The highest BCUT2D eigenvalue weighted by atomic mass is 32.2. The Morgan fingerprint density at radius 3 is 2.50 bits per heavy atom. The smallest absolute Gasteiger partial charge is 0.267 e. The number of carbonyl (C=O) groups is 1. The molecule has 1 heterocycles. The fourth-order valence-electron chi connectivity index (χ4n) is 1.74. The van der Waals surface area contributed by atoms with E-state index in [2.05, 4.69) is 0 Å². The van der Waals surface area contributed by atoms with Gasteiger partial charge in [-0.3, -0.25) is 4.79 Å². The first kappa shape index (κ1) is 12.8. The minimum Gasteiger partial charge on any atom is -0.383 e. The molecule has 1 aromatic rings. The summed E-state index contributed by atoms with van der Waals surface area (Å²) in [5, 5.41) is 0. The number of nitrogens with zero attached hydrogens (tertiary/aromatic N) is 1. The van der Waals surface area contributed by atoms with Gasteiger partial charge >= 0.3 is 0 Å². The molecule has 0 aromatic heterocycles. The summed E-state index contributed by atoms with van der Waals surface area (Å²) in [7, 11) is -2.28. The molecule has 0 aliphatic carbocycles. The highest BCUT2D eigenvalue weighted by molar-refractivity contribution is 7.99. The fourth-order valence-corrected chi connectivity index (χ4v) is 3.26. The Morgan fingerprint density at radius 2 is 1.89 bits per heavy atom. The quantitative estimate of drug-likeness (QED) is 0.811. The van der Waals surface area contributed by atoms with Gasteiger partial charge in [0.2, 0.25) is 0 Å². The number of rotatable bonds is 4. The number of hydrogen-bond acceptors (Lipinski definition) is 4. The van der Waals surface area contributed by atoms with E-state index in [4.69, 9.17) is 4.74 Å². The van der Waals surface area contributed by atoms with Gasteiger partial charge in [0.25, 0.3) is 15.9 Å². The second-order valence-corrected chi connectivity index (χ2v) is 5.61. The first-order chi connectivity index (χ1) is 8.57. The van der Waals surface area contributed by atoms with Crippen molar-refractivity contribution in [3.8, 4) is 0 Å². The summed E-state index contributed by atoms with van der Waals surface area (Å²) >= 11 is 0. The number of amides is 1. The van der Waals surface area contributed by atoms with Gasteiger partial charge in [0, 0.05) is 13.2 Å². The second-order valence-electron chi connectivity index (χ2n) is 3.78. The highest BCUT2D eigenvalue weighted by Crippen LogP contribution is 2.29. The lowest BCUT2D eigenvalue weighted by Crippen LogP contribution is -2.33. The number of methoxy groups -OCH3 is 1. The largest absolute Gasteiger partial charge is 0.383 e. The second kappa shape index (κ2) is 4.91. The van der Waals surface area contributed by atoms with Crippen molar-refractivity contribution in [2.75, 3.05) is 20.3 Å². The summed E-state index contributed by atoms with van der Waals surface area (Å²) < 4.78 is 30.0. The van der Waals surface area contributed by atoms with Crippen LogP contribution in [-0.2, 0) is 19.6 Å². The van der Waals surface area contributed by atoms with Gasteiger partial charge in [-0.15, -0.1) is 0 Å². The minimum absolute atomic E-state index is 0.0322. The molecule has 2 rings (SSSR count). The normalized spacial score (nSPS) is 17.9. The van der Waals surface area contributed by atoms with Crippen molar-refractivity contribution in [1.82, 2.24) is 4.31 Å². The molecule has 1 aliphatic heterocycles. The Labute approximate surface area is 106 Å². The van der Waals surface area contributed by atoms with Gasteiger partial charge in [-0.25, -0.2) is 12.7 Å². The zero-order valence-electron chi connectivity index (χ0n) is 9.87. The molecule has 0 spiro atoms. The predicted octanol–water partition coefficient (Wildman–Crippen LogP) is 0.846. The van der Waals surface area contributed by atoms with Crippen molar-refractivity contribution in [1.29, 1.82) is 0 Å². The van der Waals surface area contributed by atoms with Crippen molar-refractivity contribution < 1.29 is 17.9 Å². The van der Waals surface area contributed by atoms with E-state index in [1.165, 1.54) is 7.11 Å². The molecule has 5 nitrogen and oxygen atoms in total. The summed E-state index contributed by atoms with van der Waals surface area (Å²) in [5.74, 6) is -0.522. The van der Waals surface area contributed by atoms with Crippen molar-refractivity contribution in [3.63, 3.8) is 0 Å². The van der Waals surface area contributed by atoms with Gasteiger partial charge in [0.15, 0.2) is 0 Å². The molecule has 0 N–H and O–H groups in total. The first-order valence-electron chi connectivity index (χ1n) is 5.40. The van der Waals surface area contributed by atoms with Crippen LogP contribution in [0.3, 0.4) is 0 Å². The zero-order chi connectivity index (χ0) is 13.2. The molecule has 6 heteroatoms. The van der Waals surface area contributed by atoms with E-state index in [9.17, 15) is 13.2 Å². The summed E-state index contributed by atoms with van der Waals surface area (Å²) in [5.41, 5.74) is 0.519. The fraction of sp³-hybridized carbons (Fsp3) is 0.250. The third-order valence-corrected chi connectivity index (χ3v) is 4.48. The predicted molar refractivity (Wildman–Crippen MR) is 66.9 cm³/mol. The maximum absolute atomic E-state index is 12.2. The lowest BCUT2D eigenvalue weighted by atomic mass is 10.2. The minimum atomic E-state index is -3.74. The topological polar surface area (TPSA) is 63.7 Å². The van der Waals surface area contributed by atoms with Crippen LogP contribution in [0.25, 0.3) is 4.91 Å². The van der Waals surface area contributed by atoms with E-state index in [0.717, 1.165) is 10.4 Å². The summed E-state index contributed by atoms with van der Waals surface area (Å²) in [4.78, 5) is 11.7. The summed E-state index contributed by atoms with van der Waals surface area (Å²) in [6.07, 6.45) is 1.15. The SMILES string of the molecule is COCCN1C(=O)C=C(c2ccccc2)S1(=O)=O. The number of hydrogen-bond donors (Lipinski definition) is 0. The Hall–Kier alpha value is -1.66. The molecule has 0 unspecified atom stereocenters. The van der Waals surface area contributed by atoms with Crippen LogP contribution < -0.4 is 0 Å². The Kier molecular flexibility index (Phi) is 3.49. The van der Waals surface area contributed by atoms with Gasteiger partial charge in [-0.1, -0.05) is 30.3 Å². The van der Waals surface area contributed by atoms with Crippen LogP contribution in [0, 0.1) is 0 Å². The van der Waals surface area contributed by atoms with Crippen LogP contribution in [0.5, 0.6) is 0 Å². The zero-order valence-corrected chi connectivity index (χ0v) is 10.7. The lowest BCUT2D eigenvalue weighted by molar-refractivity contribution is -0.121. The van der Waals surface area contributed by atoms with E-state index in [-0.39, 0.29) is 18.1 Å². The first-order valence-corrected chi connectivity index (χ1v) is 6.84. The van der Waals surface area contributed by atoms with Crippen molar-refractivity contribution in [2.24, 2.45) is 0 Å². The van der Waals surface area contributed by atoms with E-state index in [1.807, 2.05) is 0 Å². The molecule has 1 aromatic carbocycles. The van der Waals surface area contributed by atoms with Gasteiger partial charge in [-0.05, 0) is 5.56 Å². The number of benzene rings is 1. The maximum atomic E-state index is 12.2. The molecular formula is C12H13NO4S. The Bertz CT molecular complexity index is 577. The standard InChI is InChI=1S/C12H13NO4S/c1-17-8-7-13-12(14)9-11(18(13,15)16)10-5-3-2-4-6-10/h2-6,9H,7-8H2,1H3.